The summed E-state index contributed by atoms with van der Waals surface area (Å²) < 4.78 is 0. The van der Waals surface area contributed by atoms with E-state index in [0.29, 0.717) is 26.9 Å². The van der Waals surface area contributed by atoms with Crippen molar-refractivity contribution in [1.82, 2.24) is 0 Å². The number of rotatable bonds is 4. The Morgan fingerprint density at radius 2 is 0.947 bits per heavy atom. The average Bonchev–Trinajstić information content (AvgIpc) is 3.41. The van der Waals surface area contributed by atoms with Crippen molar-refractivity contribution in [3.8, 4) is 0 Å². The van der Waals surface area contributed by atoms with Gasteiger partial charge in [0.15, 0.2) is 0 Å². The average molecular weight is 500 g/mol. The molecule has 0 heterocycles. The standard InChI is InChI=1S/C30H16N2O6/c31-27(33)24-23-20-13-6-2-1-5-11(13)12-7-3-8-14(17(12)20)18-15-9-4-10-16(29(35)36)19(15)22(21(18)23)26(30(37)38)25(24)28(32)34/h1-10H,(H2,31,33)(H2,32,34)(H,35,36)(H,37,38). The van der Waals surface area contributed by atoms with Gasteiger partial charge in [0, 0.05) is 21.5 Å². The summed E-state index contributed by atoms with van der Waals surface area (Å²) >= 11 is 0. The van der Waals surface area contributed by atoms with Gasteiger partial charge in [-0.15, -0.1) is 0 Å². The third kappa shape index (κ3) is 2.38. The molecule has 0 saturated heterocycles. The largest absolute Gasteiger partial charge is 0.493 e. The second-order valence-electron chi connectivity index (χ2n) is 9.31. The molecule has 8 heteroatoms. The summed E-state index contributed by atoms with van der Waals surface area (Å²) in [5.74, 6) is -4.95. The highest BCUT2D eigenvalue weighted by Crippen LogP contribution is 2.53. The van der Waals surface area contributed by atoms with Crippen LogP contribution in [0.3, 0.4) is 0 Å². The zero-order valence-corrected chi connectivity index (χ0v) is 19.4. The van der Waals surface area contributed by atoms with Crippen LogP contribution in [0.15, 0.2) is 60.7 Å². The molecule has 0 saturated carbocycles. The Morgan fingerprint density at radius 1 is 0.447 bits per heavy atom. The minimum atomic E-state index is -1.53. The van der Waals surface area contributed by atoms with Crippen LogP contribution in [0.2, 0.25) is 0 Å². The summed E-state index contributed by atoms with van der Waals surface area (Å²) in [4.78, 5) is 25.1. The van der Waals surface area contributed by atoms with Gasteiger partial charge in [-0.3, -0.25) is 10.8 Å². The smallest absolute Gasteiger partial charge is 0.337 e. The van der Waals surface area contributed by atoms with Crippen LogP contribution in [0.25, 0.3) is 64.6 Å². The highest BCUT2D eigenvalue weighted by Gasteiger charge is 2.34. The number of aromatic carboxylic acids is 2. The fourth-order valence-corrected chi connectivity index (χ4v) is 6.39. The normalized spacial score (nSPS) is 12.0. The molecule has 0 aliphatic rings. The number of nitrogens with one attached hydrogen (secondary N) is 2. The van der Waals surface area contributed by atoms with Gasteiger partial charge < -0.3 is 20.4 Å². The maximum atomic E-state index is 12.8. The van der Waals surface area contributed by atoms with Gasteiger partial charge >= 0.3 is 11.9 Å². The first-order chi connectivity index (χ1) is 18.2. The lowest BCUT2D eigenvalue weighted by Crippen LogP contribution is -2.16. The predicted molar refractivity (Wildman–Crippen MR) is 147 cm³/mol. The summed E-state index contributed by atoms with van der Waals surface area (Å²) in [5, 5.41) is 64.7. The van der Waals surface area contributed by atoms with Gasteiger partial charge in [-0.1, -0.05) is 54.6 Å². The van der Waals surface area contributed by atoms with E-state index in [4.69, 9.17) is 10.8 Å². The van der Waals surface area contributed by atoms with Crippen LogP contribution in [0.1, 0.15) is 31.8 Å². The molecule has 6 N–H and O–H groups in total. The Hall–Kier alpha value is -5.50. The van der Waals surface area contributed by atoms with Crippen LogP contribution in [0, 0.1) is 10.8 Å². The van der Waals surface area contributed by atoms with Crippen LogP contribution < -0.4 is 0 Å². The van der Waals surface area contributed by atoms with E-state index >= 15 is 0 Å². The molecule has 0 radical (unpaired) electrons. The summed E-state index contributed by atoms with van der Waals surface area (Å²) in [6, 6.07) is 18.0. The SMILES string of the molecule is N=C(O)c1c(C(=O)O)c2c3c(C(=O)O)cccc3c3c4cccc5c6ccccc6c(c(c1C(=N)O)c23)c54. The lowest BCUT2D eigenvalue weighted by molar-refractivity contribution is 0.0686. The third-order valence-corrected chi connectivity index (χ3v) is 7.57. The Kier molecular flexibility index (Phi) is 4.03. The fraction of sp³-hybridized carbons (Fsp3) is 0. The van der Waals surface area contributed by atoms with Gasteiger partial charge in [-0.2, -0.15) is 0 Å². The number of aliphatic hydroxyl groups is 2. The molecule has 0 aliphatic carbocycles. The molecule has 0 fully saturated rings. The second kappa shape index (κ2) is 7.04. The van der Waals surface area contributed by atoms with Crippen molar-refractivity contribution in [2.45, 2.75) is 0 Å². The first kappa shape index (κ1) is 21.8. The molecule has 7 aromatic rings. The topological polar surface area (TPSA) is 163 Å². The van der Waals surface area contributed by atoms with Gasteiger partial charge in [0.05, 0.1) is 22.3 Å². The number of hydrogen-bond donors (Lipinski definition) is 6. The van der Waals surface area contributed by atoms with Crippen molar-refractivity contribution in [1.29, 1.82) is 10.8 Å². The second-order valence-corrected chi connectivity index (χ2v) is 9.31. The maximum Gasteiger partial charge on any atom is 0.337 e. The highest BCUT2D eigenvalue weighted by molar-refractivity contribution is 6.51. The van der Waals surface area contributed by atoms with E-state index in [1.54, 1.807) is 12.1 Å². The van der Waals surface area contributed by atoms with E-state index in [0.717, 1.165) is 26.9 Å². The molecule has 182 valence electrons. The molecular formula is C30H16N2O6. The molecule has 0 aliphatic heterocycles. The van der Waals surface area contributed by atoms with E-state index in [1.807, 2.05) is 42.5 Å². The maximum absolute atomic E-state index is 12.8. The number of benzene rings is 5. The third-order valence-electron chi connectivity index (χ3n) is 7.57. The zero-order valence-electron chi connectivity index (χ0n) is 19.4. The summed E-state index contributed by atoms with van der Waals surface area (Å²) in [5.41, 5.74) is -1.50. The number of carboxylic acids is 2. The van der Waals surface area contributed by atoms with Crippen LogP contribution in [0.4, 0.5) is 0 Å². The number of carbonyl (C=O) groups is 2. The quantitative estimate of drug-likeness (QED) is 0.0901. The Labute approximate surface area is 212 Å². The molecule has 0 bridgehead atoms. The predicted octanol–water partition coefficient (Wildman–Crippen LogP) is 6.64. The Balaban J connectivity index is 2.04. The molecule has 7 aromatic carbocycles. The monoisotopic (exact) mass is 500 g/mol. The molecule has 8 nitrogen and oxygen atoms in total. The lowest BCUT2D eigenvalue weighted by atomic mass is 9.86. The van der Waals surface area contributed by atoms with Crippen molar-refractivity contribution in [2.24, 2.45) is 0 Å². The number of aliphatic hydroxyl groups excluding tert-OH is 2. The van der Waals surface area contributed by atoms with Crippen LogP contribution in [-0.4, -0.2) is 44.2 Å². The van der Waals surface area contributed by atoms with Gasteiger partial charge in [-0.05, 0) is 49.2 Å². The van der Waals surface area contributed by atoms with Gasteiger partial charge in [0.25, 0.3) is 0 Å². The van der Waals surface area contributed by atoms with Crippen molar-refractivity contribution < 1.29 is 30.0 Å². The molecule has 0 spiro atoms. The van der Waals surface area contributed by atoms with Crippen molar-refractivity contribution in [2.75, 3.05) is 0 Å². The first-order valence-corrected chi connectivity index (χ1v) is 11.6. The lowest BCUT2D eigenvalue weighted by Gasteiger charge is -2.17. The summed E-state index contributed by atoms with van der Waals surface area (Å²) in [7, 11) is 0. The highest BCUT2D eigenvalue weighted by atomic mass is 16.4. The van der Waals surface area contributed by atoms with Gasteiger partial charge in [-0.25, -0.2) is 9.59 Å². The van der Waals surface area contributed by atoms with E-state index in [1.165, 1.54) is 6.07 Å². The molecule has 0 aromatic heterocycles. The minimum absolute atomic E-state index is 0.0437. The summed E-state index contributed by atoms with van der Waals surface area (Å²) in [6.07, 6.45) is 0. The molecular weight excluding hydrogens is 484 g/mol. The number of carboxylic acid groups (broad SMARTS) is 2. The molecule has 0 unspecified atom stereocenters. The van der Waals surface area contributed by atoms with Crippen molar-refractivity contribution in [3.05, 3.63) is 82.9 Å². The first-order valence-electron chi connectivity index (χ1n) is 11.6. The minimum Gasteiger partial charge on any atom is -0.493 e. The number of fused-ring (bicyclic) bond motifs is 8. The van der Waals surface area contributed by atoms with Crippen LogP contribution >= 0.6 is 0 Å². The van der Waals surface area contributed by atoms with Gasteiger partial charge in [0.2, 0.25) is 11.8 Å². The summed E-state index contributed by atoms with van der Waals surface area (Å²) in [6.45, 7) is 0. The van der Waals surface area contributed by atoms with E-state index in [2.05, 4.69) is 0 Å². The number of hydrogen-bond acceptors (Lipinski definition) is 4. The van der Waals surface area contributed by atoms with E-state index < -0.39 is 34.9 Å². The Morgan fingerprint density at radius 3 is 1.58 bits per heavy atom. The van der Waals surface area contributed by atoms with Crippen LogP contribution in [-0.2, 0) is 0 Å². The van der Waals surface area contributed by atoms with E-state index in [-0.39, 0.29) is 21.9 Å². The molecule has 7 rings (SSSR count). The van der Waals surface area contributed by atoms with Crippen LogP contribution in [0.5, 0.6) is 0 Å². The molecule has 0 amide bonds. The fourth-order valence-electron chi connectivity index (χ4n) is 6.39. The Bertz CT molecular complexity index is 2250. The molecule has 38 heavy (non-hydrogen) atoms. The van der Waals surface area contributed by atoms with E-state index in [9.17, 15) is 30.0 Å². The molecule has 0 atom stereocenters. The van der Waals surface area contributed by atoms with Crippen molar-refractivity contribution >= 4 is 88.4 Å². The van der Waals surface area contributed by atoms with Gasteiger partial charge in [0.1, 0.15) is 0 Å². The van der Waals surface area contributed by atoms with Crippen molar-refractivity contribution in [3.63, 3.8) is 0 Å². The zero-order chi connectivity index (χ0) is 26.6.